The molecule has 2 aromatic rings. The second-order valence-electron chi connectivity index (χ2n) is 7.17. The van der Waals surface area contributed by atoms with Crippen LogP contribution in [-0.2, 0) is 0 Å². The first-order valence-corrected chi connectivity index (χ1v) is 8.66. The number of fused-ring (bicyclic) bond motifs is 2. The first-order valence-electron chi connectivity index (χ1n) is 8.66. The van der Waals surface area contributed by atoms with Crippen LogP contribution in [-0.4, -0.2) is 25.7 Å². The van der Waals surface area contributed by atoms with Gasteiger partial charge in [-0.15, -0.1) is 0 Å². The average molecular weight is 294 g/mol. The standard InChI is InChI=1S/C20H26N2/c1-15(20-12-6-11-19(20)21-14-13-20)22(2)18-10-5-8-16-7-3-4-9-17(16)18/h3-5,7-10,15,19,21H,6,11-14H2,1-2H3. The Morgan fingerprint density at radius 1 is 1.14 bits per heavy atom. The van der Waals surface area contributed by atoms with Crippen LogP contribution in [0.3, 0.4) is 0 Å². The molecule has 1 saturated carbocycles. The van der Waals surface area contributed by atoms with Crippen LogP contribution < -0.4 is 10.2 Å². The highest BCUT2D eigenvalue weighted by Crippen LogP contribution is 2.49. The van der Waals surface area contributed by atoms with Crippen LogP contribution in [0.5, 0.6) is 0 Å². The predicted molar refractivity (Wildman–Crippen MR) is 94.5 cm³/mol. The summed E-state index contributed by atoms with van der Waals surface area (Å²) in [6.07, 6.45) is 5.44. The Balaban J connectivity index is 1.72. The molecule has 0 spiro atoms. The topological polar surface area (TPSA) is 15.3 Å². The van der Waals surface area contributed by atoms with Crippen molar-refractivity contribution in [2.24, 2.45) is 5.41 Å². The Morgan fingerprint density at radius 2 is 1.95 bits per heavy atom. The lowest BCUT2D eigenvalue weighted by Crippen LogP contribution is -2.48. The van der Waals surface area contributed by atoms with Gasteiger partial charge in [-0.25, -0.2) is 0 Å². The van der Waals surface area contributed by atoms with Gasteiger partial charge in [0, 0.05) is 35.6 Å². The van der Waals surface area contributed by atoms with Crippen LogP contribution in [0.2, 0.25) is 0 Å². The molecule has 2 fully saturated rings. The van der Waals surface area contributed by atoms with Crippen molar-refractivity contribution in [3.63, 3.8) is 0 Å². The maximum Gasteiger partial charge on any atom is 0.0445 e. The summed E-state index contributed by atoms with van der Waals surface area (Å²) in [7, 11) is 2.29. The first kappa shape index (κ1) is 14.1. The lowest BCUT2D eigenvalue weighted by Gasteiger charge is -2.42. The van der Waals surface area contributed by atoms with Gasteiger partial charge in [-0.1, -0.05) is 42.8 Å². The molecular weight excluding hydrogens is 268 g/mol. The van der Waals surface area contributed by atoms with Crippen molar-refractivity contribution in [2.75, 3.05) is 18.5 Å². The molecule has 1 saturated heterocycles. The fraction of sp³-hybridized carbons (Fsp3) is 0.500. The third kappa shape index (κ3) is 1.97. The van der Waals surface area contributed by atoms with Crippen LogP contribution >= 0.6 is 0 Å². The molecule has 116 valence electrons. The molecule has 1 aliphatic carbocycles. The molecule has 22 heavy (non-hydrogen) atoms. The van der Waals surface area contributed by atoms with E-state index in [9.17, 15) is 0 Å². The summed E-state index contributed by atoms with van der Waals surface area (Å²) in [5.74, 6) is 0. The van der Waals surface area contributed by atoms with E-state index in [0.717, 1.165) is 6.04 Å². The predicted octanol–water partition coefficient (Wildman–Crippen LogP) is 4.20. The van der Waals surface area contributed by atoms with Gasteiger partial charge in [-0.3, -0.25) is 0 Å². The molecule has 0 aromatic heterocycles. The lowest BCUT2D eigenvalue weighted by atomic mass is 9.75. The zero-order valence-electron chi connectivity index (χ0n) is 13.7. The SMILES string of the molecule is CC(N(C)c1cccc2ccccc12)C12CCCC1NCC2. The smallest absolute Gasteiger partial charge is 0.0445 e. The largest absolute Gasteiger partial charge is 0.371 e. The number of hydrogen-bond donors (Lipinski definition) is 1. The molecule has 0 amide bonds. The molecule has 0 radical (unpaired) electrons. The Hall–Kier alpha value is -1.54. The van der Waals surface area contributed by atoms with E-state index in [2.05, 4.69) is 66.7 Å². The van der Waals surface area contributed by atoms with E-state index in [0.29, 0.717) is 11.5 Å². The Labute approximate surface area is 133 Å². The maximum atomic E-state index is 3.76. The van der Waals surface area contributed by atoms with Gasteiger partial charge in [0.1, 0.15) is 0 Å². The highest BCUT2D eigenvalue weighted by atomic mass is 15.2. The van der Waals surface area contributed by atoms with Crippen molar-refractivity contribution in [1.29, 1.82) is 0 Å². The van der Waals surface area contributed by atoms with Crippen molar-refractivity contribution in [1.82, 2.24) is 5.32 Å². The summed E-state index contributed by atoms with van der Waals surface area (Å²) in [6.45, 7) is 3.63. The van der Waals surface area contributed by atoms with Crippen molar-refractivity contribution in [2.45, 2.75) is 44.7 Å². The van der Waals surface area contributed by atoms with Crippen LogP contribution in [0.15, 0.2) is 42.5 Å². The van der Waals surface area contributed by atoms with Crippen molar-refractivity contribution < 1.29 is 0 Å². The van der Waals surface area contributed by atoms with Gasteiger partial charge in [0.2, 0.25) is 0 Å². The van der Waals surface area contributed by atoms with E-state index < -0.39 is 0 Å². The van der Waals surface area contributed by atoms with E-state index >= 15 is 0 Å². The normalized spacial score (nSPS) is 28.7. The van der Waals surface area contributed by atoms with Crippen LogP contribution in [0.25, 0.3) is 10.8 Å². The Kier molecular flexibility index (Phi) is 3.37. The number of benzene rings is 2. The molecular formula is C20H26N2. The minimum atomic E-state index is 0.464. The Bertz CT molecular complexity index is 663. The summed E-state index contributed by atoms with van der Waals surface area (Å²) < 4.78 is 0. The van der Waals surface area contributed by atoms with E-state index in [1.165, 1.54) is 48.7 Å². The number of rotatable bonds is 3. The number of anilines is 1. The zero-order chi connectivity index (χ0) is 15.2. The molecule has 2 aromatic carbocycles. The zero-order valence-corrected chi connectivity index (χ0v) is 13.7. The first-order chi connectivity index (χ1) is 10.7. The molecule has 1 N–H and O–H groups in total. The van der Waals surface area contributed by atoms with E-state index in [1.807, 2.05) is 0 Å². The van der Waals surface area contributed by atoms with E-state index in [1.54, 1.807) is 0 Å². The van der Waals surface area contributed by atoms with Gasteiger partial charge in [-0.2, -0.15) is 0 Å². The molecule has 2 nitrogen and oxygen atoms in total. The minimum absolute atomic E-state index is 0.464. The van der Waals surface area contributed by atoms with Gasteiger partial charge in [-0.05, 0) is 44.2 Å². The van der Waals surface area contributed by atoms with Crippen molar-refractivity contribution in [3.8, 4) is 0 Å². The second-order valence-corrected chi connectivity index (χ2v) is 7.17. The lowest BCUT2D eigenvalue weighted by molar-refractivity contribution is 0.229. The fourth-order valence-electron chi connectivity index (χ4n) is 5.00. The van der Waals surface area contributed by atoms with Crippen LogP contribution in [0.1, 0.15) is 32.6 Å². The summed E-state index contributed by atoms with van der Waals surface area (Å²) >= 11 is 0. The summed E-state index contributed by atoms with van der Waals surface area (Å²) in [5, 5.41) is 6.47. The van der Waals surface area contributed by atoms with Gasteiger partial charge < -0.3 is 10.2 Å². The number of nitrogens with zero attached hydrogens (tertiary/aromatic N) is 1. The van der Waals surface area contributed by atoms with Gasteiger partial charge >= 0.3 is 0 Å². The summed E-state index contributed by atoms with van der Waals surface area (Å²) in [4.78, 5) is 2.54. The third-order valence-electron chi connectivity index (χ3n) is 6.37. The highest BCUT2D eigenvalue weighted by molar-refractivity contribution is 5.94. The molecule has 2 aliphatic rings. The second kappa shape index (κ2) is 5.27. The molecule has 3 atom stereocenters. The minimum Gasteiger partial charge on any atom is -0.371 e. The molecule has 0 bridgehead atoms. The van der Waals surface area contributed by atoms with E-state index in [4.69, 9.17) is 0 Å². The molecule has 4 rings (SSSR count). The summed E-state index contributed by atoms with van der Waals surface area (Å²) in [5.41, 5.74) is 1.84. The van der Waals surface area contributed by atoms with Crippen molar-refractivity contribution >= 4 is 16.5 Å². The third-order valence-corrected chi connectivity index (χ3v) is 6.37. The number of nitrogens with one attached hydrogen (secondary N) is 1. The van der Waals surface area contributed by atoms with Gasteiger partial charge in [0.25, 0.3) is 0 Å². The van der Waals surface area contributed by atoms with Crippen LogP contribution in [0, 0.1) is 5.41 Å². The van der Waals surface area contributed by atoms with Gasteiger partial charge in [0.15, 0.2) is 0 Å². The average Bonchev–Trinajstić information content (AvgIpc) is 3.13. The fourth-order valence-corrected chi connectivity index (χ4v) is 5.00. The van der Waals surface area contributed by atoms with Crippen LogP contribution in [0.4, 0.5) is 5.69 Å². The molecule has 1 heterocycles. The molecule has 2 heteroatoms. The van der Waals surface area contributed by atoms with Gasteiger partial charge in [0.05, 0.1) is 0 Å². The molecule has 3 unspecified atom stereocenters. The van der Waals surface area contributed by atoms with E-state index in [-0.39, 0.29) is 0 Å². The van der Waals surface area contributed by atoms with Crippen molar-refractivity contribution in [3.05, 3.63) is 42.5 Å². The quantitative estimate of drug-likeness (QED) is 0.913. The highest BCUT2D eigenvalue weighted by Gasteiger charge is 2.50. The summed E-state index contributed by atoms with van der Waals surface area (Å²) in [6, 6.07) is 16.7. The Morgan fingerprint density at radius 3 is 2.86 bits per heavy atom. The molecule has 1 aliphatic heterocycles. The number of hydrogen-bond acceptors (Lipinski definition) is 2. The monoisotopic (exact) mass is 294 g/mol. The maximum absolute atomic E-state index is 3.76.